The molecular formula is C10H19N. The standard InChI is InChI=1S/C10H19N/c1-2-8-3-4-10-9(7-8)5-6-11-10/h8-11H,2-7H2,1H3. The maximum atomic E-state index is 3.60. The monoisotopic (exact) mass is 153 g/mol. The maximum absolute atomic E-state index is 3.60. The van der Waals surface area contributed by atoms with Gasteiger partial charge in [-0.3, -0.25) is 0 Å². The van der Waals surface area contributed by atoms with Crippen molar-refractivity contribution < 1.29 is 0 Å². The molecule has 1 aliphatic heterocycles. The van der Waals surface area contributed by atoms with E-state index in [0.29, 0.717) is 0 Å². The zero-order valence-corrected chi connectivity index (χ0v) is 7.47. The van der Waals surface area contributed by atoms with Gasteiger partial charge in [-0.1, -0.05) is 13.3 Å². The van der Waals surface area contributed by atoms with Gasteiger partial charge in [-0.05, 0) is 44.1 Å². The molecule has 2 rings (SSSR count). The smallest absolute Gasteiger partial charge is 0.00960 e. The molecule has 1 N–H and O–H groups in total. The van der Waals surface area contributed by atoms with E-state index in [4.69, 9.17) is 0 Å². The van der Waals surface area contributed by atoms with Crippen molar-refractivity contribution in [3.63, 3.8) is 0 Å². The number of nitrogens with one attached hydrogen (secondary N) is 1. The summed E-state index contributed by atoms with van der Waals surface area (Å²) in [6.45, 7) is 3.62. The van der Waals surface area contributed by atoms with Crippen LogP contribution in [-0.2, 0) is 0 Å². The normalized spacial score (nSPS) is 43.9. The Morgan fingerprint density at radius 3 is 3.00 bits per heavy atom. The highest BCUT2D eigenvalue weighted by Crippen LogP contribution is 2.35. The third kappa shape index (κ3) is 1.44. The van der Waals surface area contributed by atoms with Crippen LogP contribution in [-0.4, -0.2) is 12.6 Å². The lowest BCUT2D eigenvalue weighted by Crippen LogP contribution is -2.32. The third-order valence-electron chi connectivity index (χ3n) is 3.59. The van der Waals surface area contributed by atoms with Crippen molar-refractivity contribution in [2.75, 3.05) is 6.54 Å². The Kier molecular flexibility index (Phi) is 2.17. The molecule has 1 saturated carbocycles. The molecule has 2 aliphatic rings. The first kappa shape index (κ1) is 7.60. The first-order chi connectivity index (χ1) is 5.40. The van der Waals surface area contributed by atoms with E-state index in [1.165, 1.54) is 38.6 Å². The molecule has 0 aromatic rings. The molecule has 64 valence electrons. The van der Waals surface area contributed by atoms with Crippen molar-refractivity contribution in [2.45, 2.75) is 45.1 Å². The molecule has 1 saturated heterocycles. The van der Waals surface area contributed by atoms with Crippen molar-refractivity contribution in [1.82, 2.24) is 5.32 Å². The van der Waals surface area contributed by atoms with Crippen LogP contribution >= 0.6 is 0 Å². The van der Waals surface area contributed by atoms with E-state index < -0.39 is 0 Å². The van der Waals surface area contributed by atoms with Gasteiger partial charge in [0.05, 0.1) is 0 Å². The second kappa shape index (κ2) is 3.14. The molecule has 0 aromatic heterocycles. The average Bonchev–Trinajstić information content (AvgIpc) is 2.50. The van der Waals surface area contributed by atoms with E-state index in [0.717, 1.165) is 17.9 Å². The van der Waals surface area contributed by atoms with E-state index in [9.17, 15) is 0 Å². The van der Waals surface area contributed by atoms with Gasteiger partial charge in [0.25, 0.3) is 0 Å². The van der Waals surface area contributed by atoms with Crippen molar-refractivity contribution in [3.05, 3.63) is 0 Å². The Morgan fingerprint density at radius 2 is 2.18 bits per heavy atom. The molecule has 2 fully saturated rings. The van der Waals surface area contributed by atoms with Gasteiger partial charge in [0.15, 0.2) is 0 Å². The van der Waals surface area contributed by atoms with Crippen LogP contribution in [0.1, 0.15) is 39.0 Å². The van der Waals surface area contributed by atoms with Crippen LogP contribution in [0, 0.1) is 11.8 Å². The summed E-state index contributed by atoms with van der Waals surface area (Å²) in [5.74, 6) is 2.09. The lowest BCUT2D eigenvalue weighted by atomic mass is 9.78. The molecule has 11 heavy (non-hydrogen) atoms. The second-order valence-corrected chi connectivity index (χ2v) is 4.20. The number of fused-ring (bicyclic) bond motifs is 1. The van der Waals surface area contributed by atoms with Crippen LogP contribution in [0.25, 0.3) is 0 Å². The first-order valence-electron chi connectivity index (χ1n) is 5.13. The summed E-state index contributed by atoms with van der Waals surface area (Å²) in [5, 5.41) is 3.60. The quantitative estimate of drug-likeness (QED) is 0.609. The van der Waals surface area contributed by atoms with Crippen LogP contribution in [0.15, 0.2) is 0 Å². The van der Waals surface area contributed by atoms with E-state index in [1.54, 1.807) is 0 Å². The lowest BCUT2D eigenvalue weighted by molar-refractivity contribution is 0.240. The summed E-state index contributed by atoms with van der Waals surface area (Å²) in [5.41, 5.74) is 0. The molecule has 0 aromatic carbocycles. The van der Waals surface area contributed by atoms with Gasteiger partial charge < -0.3 is 5.32 Å². The summed E-state index contributed by atoms with van der Waals surface area (Å²) in [6, 6.07) is 0.901. The average molecular weight is 153 g/mol. The molecule has 1 heteroatoms. The Hall–Kier alpha value is -0.0400. The Bertz CT molecular complexity index is 133. The highest BCUT2D eigenvalue weighted by Gasteiger charge is 2.32. The molecule has 1 nitrogen and oxygen atoms in total. The SMILES string of the molecule is CCC1CCC2NCCC2C1. The zero-order chi connectivity index (χ0) is 7.68. The van der Waals surface area contributed by atoms with Gasteiger partial charge in [0, 0.05) is 6.04 Å². The molecule has 0 amide bonds. The van der Waals surface area contributed by atoms with Gasteiger partial charge in [-0.15, -0.1) is 0 Å². The Labute approximate surface area is 69.6 Å². The highest BCUT2D eigenvalue weighted by molar-refractivity contribution is 4.89. The van der Waals surface area contributed by atoms with Crippen LogP contribution in [0.4, 0.5) is 0 Å². The maximum Gasteiger partial charge on any atom is 0.00960 e. The largest absolute Gasteiger partial charge is 0.314 e. The molecule has 1 aliphatic carbocycles. The van der Waals surface area contributed by atoms with Crippen LogP contribution in [0.5, 0.6) is 0 Å². The fourth-order valence-electron chi connectivity index (χ4n) is 2.77. The summed E-state index contributed by atoms with van der Waals surface area (Å²) >= 11 is 0. The minimum absolute atomic E-state index is 0.901. The van der Waals surface area contributed by atoms with Crippen molar-refractivity contribution in [1.29, 1.82) is 0 Å². The van der Waals surface area contributed by atoms with Crippen LogP contribution in [0.2, 0.25) is 0 Å². The van der Waals surface area contributed by atoms with E-state index in [1.807, 2.05) is 0 Å². The topological polar surface area (TPSA) is 12.0 Å². The molecule has 3 atom stereocenters. The molecule has 3 unspecified atom stereocenters. The molecule has 0 radical (unpaired) electrons. The van der Waals surface area contributed by atoms with E-state index in [2.05, 4.69) is 12.2 Å². The van der Waals surface area contributed by atoms with Crippen molar-refractivity contribution in [3.8, 4) is 0 Å². The lowest BCUT2D eigenvalue weighted by Gasteiger charge is -2.30. The number of rotatable bonds is 1. The van der Waals surface area contributed by atoms with Gasteiger partial charge in [-0.2, -0.15) is 0 Å². The van der Waals surface area contributed by atoms with Gasteiger partial charge in [0.1, 0.15) is 0 Å². The number of hydrogen-bond acceptors (Lipinski definition) is 1. The van der Waals surface area contributed by atoms with Crippen LogP contribution < -0.4 is 5.32 Å². The van der Waals surface area contributed by atoms with Gasteiger partial charge in [0.2, 0.25) is 0 Å². The molecular weight excluding hydrogens is 134 g/mol. The molecule has 0 spiro atoms. The predicted molar refractivity (Wildman–Crippen MR) is 47.5 cm³/mol. The minimum atomic E-state index is 0.901. The molecule has 1 heterocycles. The van der Waals surface area contributed by atoms with Gasteiger partial charge >= 0.3 is 0 Å². The van der Waals surface area contributed by atoms with Crippen LogP contribution in [0.3, 0.4) is 0 Å². The predicted octanol–water partition coefficient (Wildman–Crippen LogP) is 2.17. The fourth-order valence-corrected chi connectivity index (χ4v) is 2.77. The van der Waals surface area contributed by atoms with Crippen molar-refractivity contribution >= 4 is 0 Å². The summed E-state index contributed by atoms with van der Waals surface area (Å²) in [4.78, 5) is 0. The van der Waals surface area contributed by atoms with E-state index in [-0.39, 0.29) is 0 Å². The summed E-state index contributed by atoms with van der Waals surface area (Å²) in [7, 11) is 0. The fraction of sp³-hybridized carbons (Fsp3) is 1.00. The summed E-state index contributed by atoms with van der Waals surface area (Å²) in [6.07, 6.45) is 7.28. The Morgan fingerprint density at radius 1 is 1.27 bits per heavy atom. The minimum Gasteiger partial charge on any atom is -0.314 e. The molecule has 0 bridgehead atoms. The third-order valence-corrected chi connectivity index (χ3v) is 3.59. The van der Waals surface area contributed by atoms with E-state index >= 15 is 0 Å². The first-order valence-corrected chi connectivity index (χ1v) is 5.13. The highest BCUT2D eigenvalue weighted by atomic mass is 15.0. The zero-order valence-electron chi connectivity index (χ0n) is 7.47. The number of hydrogen-bond donors (Lipinski definition) is 1. The second-order valence-electron chi connectivity index (χ2n) is 4.20. The summed E-state index contributed by atoms with van der Waals surface area (Å²) < 4.78 is 0. The van der Waals surface area contributed by atoms with Crippen molar-refractivity contribution in [2.24, 2.45) is 11.8 Å². The Balaban J connectivity index is 1.91. The van der Waals surface area contributed by atoms with Gasteiger partial charge in [-0.25, -0.2) is 0 Å².